The number of carboxylic acids is 2. The van der Waals surface area contributed by atoms with Gasteiger partial charge in [0, 0.05) is 5.38 Å². The number of oxime groups is 1. The van der Waals surface area contributed by atoms with Gasteiger partial charge in [-0.15, -0.1) is 23.1 Å². The molecule has 1 saturated heterocycles. The van der Waals surface area contributed by atoms with E-state index in [0.717, 1.165) is 16.2 Å². The van der Waals surface area contributed by atoms with Crippen molar-refractivity contribution in [3.8, 4) is 0 Å². The Hall–Kier alpha value is -3.33. The van der Waals surface area contributed by atoms with Gasteiger partial charge in [-0.2, -0.15) is 0 Å². The van der Waals surface area contributed by atoms with Gasteiger partial charge in [0.05, 0.1) is 12.9 Å². The van der Waals surface area contributed by atoms with E-state index < -0.39 is 41.8 Å². The zero-order valence-corrected chi connectivity index (χ0v) is 16.9. The van der Waals surface area contributed by atoms with Gasteiger partial charge in [-0.05, 0) is 0 Å². The van der Waals surface area contributed by atoms with Crippen molar-refractivity contribution in [2.24, 2.45) is 5.16 Å². The lowest BCUT2D eigenvalue weighted by atomic mass is 10.0. The predicted octanol–water partition coefficient (Wildman–Crippen LogP) is -1.13. The molecule has 0 saturated carbocycles. The van der Waals surface area contributed by atoms with Crippen molar-refractivity contribution in [1.29, 1.82) is 0 Å². The van der Waals surface area contributed by atoms with Crippen LogP contribution >= 0.6 is 23.1 Å². The highest BCUT2D eigenvalue weighted by molar-refractivity contribution is 8.00. The number of aromatic nitrogens is 1. The smallest absolute Gasteiger partial charge is 0.356 e. The molecule has 3 rings (SSSR count). The molecule has 13 nitrogen and oxygen atoms in total. The third-order valence-electron chi connectivity index (χ3n) is 3.99. The van der Waals surface area contributed by atoms with Gasteiger partial charge in [0.15, 0.2) is 16.5 Å². The first-order chi connectivity index (χ1) is 14.2. The highest BCUT2D eigenvalue weighted by atomic mass is 32.2. The molecule has 0 radical (unpaired) electrons. The summed E-state index contributed by atoms with van der Waals surface area (Å²) in [5, 5.41) is 24.9. The minimum absolute atomic E-state index is 0.0353. The van der Waals surface area contributed by atoms with E-state index >= 15 is 0 Å². The summed E-state index contributed by atoms with van der Waals surface area (Å²) in [5.41, 5.74) is 4.95. The lowest BCUT2D eigenvalue weighted by molar-refractivity contribution is -0.150. The first kappa shape index (κ1) is 21.4. The number of thioether (sulfide) groups is 1. The number of nitrogens with zero attached hydrogens (tertiary/aromatic N) is 3. The van der Waals surface area contributed by atoms with Crippen molar-refractivity contribution in [3.63, 3.8) is 0 Å². The van der Waals surface area contributed by atoms with E-state index in [2.05, 4.69) is 20.3 Å². The number of rotatable bonds is 8. The number of anilines is 1. The lowest BCUT2D eigenvalue weighted by Crippen LogP contribution is -2.71. The molecule has 0 bridgehead atoms. The molecule has 2 atom stereocenters. The third kappa shape index (κ3) is 4.02. The fourth-order valence-corrected chi connectivity index (χ4v) is 4.57. The maximum atomic E-state index is 12.7. The Labute approximate surface area is 176 Å². The minimum Gasteiger partial charge on any atom is -0.498 e. The van der Waals surface area contributed by atoms with Crippen LogP contribution in [0.3, 0.4) is 0 Å². The molecule has 1 aromatic rings. The predicted molar refractivity (Wildman–Crippen MR) is 103 cm³/mol. The Kier molecular flexibility index (Phi) is 6.12. The molecule has 1 fully saturated rings. The summed E-state index contributed by atoms with van der Waals surface area (Å²) >= 11 is 2.24. The van der Waals surface area contributed by atoms with E-state index in [9.17, 15) is 24.3 Å². The van der Waals surface area contributed by atoms with Crippen LogP contribution in [0.25, 0.3) is 0 Å². The van der Waals surface area contributed by atoms with E-state index in [0.29, 0.717) is 0 Å². The summed E-state index contributed by atoms with van der Waals surface area (Å²) in [4.78, 5) is 57.0. The van der Waals surface area contributed by atoms with Crippen LogP contribution in [0.4, 0.5) is 5.13 Å². The molecule has 2 amide bonds. The number of carbonyl (C=O) groups is 4. The molecule has 1 aromatic heterocycles. The second-order valence-electron chi connectivity index (χ2n) is 5.82. The summed E-state index contributed by atoms with van der Waals surface area (Å²) in [6, 6.07) is -1.03. The zero-order chi connectivity index (χ0) is 22.0. The number of β-lactam (4-membered cyclic amide) rings is 1. The highest BCUT2D eigenvalue weighted by Gasteiger charge is 2.55. The van der Waals surface area contributed by atoms with E-state index in [4.69, 9.17) is 15.6 Å². The lowest BCUT2D eigenvalue weighted by Gasteiger charge is -2.48. The summed E-state index contributed by atoms with van der Waals surface area (Å²) in [6.45, 7) is -0.794. The molecule has 1 unspecified atom stereocenters. The molecule has 3 heterocycles. The molecule has 2 aliphatic heterocycles. The SMILES string of the molecule is COC1=C(C(=O)O)N2C(=O)C(NC(=O)C(=NOCC(=O)O)c3csc(N)n3)[C@@H]2SC1. The van der Waals surface area contributed by atoms with Gasteiger partial charge < -0.3 is 30.8 Å². The number of nitrogen functional groups attached to an aromatic ring is 1. The molecule has 15 heteroatoms. The average molecular weight is 457 g/mol. The Morgan fingerprint density at radius 1 is 1.43 bits per heavy atom. The first-order valence-electron chi connectivity index (χ1n) is 8.13. The number of thiazole rings is 1. The number of ether oxygens (including phenoxy) is 1. The van der Waals surface area contributed by atoms with E-state index in [1.54, 1.807) is 0 Å². The van der Waals surface area contributed by atoms with Gasteiger partial charge in [0.25, 0.3) is 11.8 Å². The summed E-state index contributed by atoms with van der Waals surface area (Å²) in [7, 11) is 1.31. The van der Waals surface area contributed by atoms with Crippen LogP contribution in [0.2, 0.25) is 0 Å². The molecule has 160 valence electrons. The molecule has 30 heavy (non-hydrogen) atoms. The maximum Gasteiger partial charge on any atom is 0.356 e. The van der Waals surface area contributed by atoms with Crippen LogP contribution in [-0.2, 0) is 28.8 Å². The highest BCUT2D eigenvalue weighted by Crippen LogP contribution is 2.40. The quantitative estimate of drug-likeness (QED) is 0.210. The van der Waals surface area contributed by atoms with Crippen LogP contribution in [0, 0.1) is 0 Å². The van der Waals surface area contributed by atoms with Crippen LogP contribution in [0.15, 0.2) is 22.0 Å². The number of carboxylic acid groups (broad SMARTS) is 2. The molecule has 5 N–H and O–H groups in total. The Balaban J connectivity index is 1.79. The van der Waals surface area contributed by atoms with Crippen molar-refractivity contribution in [2.45, 2.75) is 11.4 Å². The van der Waals surface area contributed by atoms with Crippen LogP contribution < -0.4 is 11.1 Å². The second-order valence-corrected chi connectivity index (χ2v) is 7.81. The molecular formula is C15H15N5O8S2. The van der Waals surface area contributed by atoms with Crippen molar-refractivity contribution in [1.82, 2.24) is 15.2 Å². The largest absolute Gasteiger partial charge is 0.498 e. The number of hydrogen-bond acceptors (Lipinski definition) is 11. The summed E-state index contributed by atoms with van der Waals surface area (Å²) in [5.74, 6) is -3.79. The topological polar surface area (TPSA) is 194 Å². The number of hydrogen-bond donors (Lipinski definition) is 4. The van der Waals surface area contributed by atoms with E-state index in [-0.39, 0.29) is 33.7 Å². The molecular weight excluding hydrogens is 442 g/mol. The normalized spacial score (nSPS) is 20.9. The standard InChI is InChI=1S/C15H15N5O8S2/c1-27-6-4-29-13-9(12(24)20(13)10(6)14(25)26)18-11(23)8(19-28-2-7(21)22)5-3-30-15(16)17-5/h3,9,13H,2,4H2,1H3,(H2,16,17)(H,18,23)(H,21,22)(H,25,26)/t9?,13-/m0/s1. The minimum atomic E-state index is -1.32. The van der Waals surface area contributed by atoms with E-state index in [1.165, 1.54) is 24.3 Å². The second kappa shape index (κ2) is 8.58. The number of nitrogens with one attached hydrogen (secondary N) is 1. The van der Waals surface area contributed by atoms with Crippen LogP contribution in [-0.4, -0.2) is 80.4 Å². The Bertz CT molecular complexity index is 974. The number of fused-ring (bicyclic) bond motifs is 1. The third-order valence-corrected chi connectivity index (χ3v) is 5.92. The number of amides is 2. The van der Waals surface area contributed by atoms with Gasteiger partial charge in [0.2, 0.25) is 6.61 Å². The van der Waals surface area contributed by atoms with Gasteiger partial charge in [-0.25, -0.2) is 14.6 Å². The molecule has 0 spiro atoms. The van der Waals surface area contributed by atoms with Crippen molar-refractivity contribution < 1.29 is 39.0 Å². The number of aliphatic carboxylic acids is 2. The summed E-state index contributed by atoms with van der Waals surface area (Å²) < 4.78 is 5.04. The Morgan fingerprint density at radius 3 is 2.73 bits per heavy atom. The van der Waals surface area contributed by atoms with Crippen molar-refractivity contribution in [3.05, 3.63) is 22.5 Å². The van der Waals surface area contributed by atoms with Gasteiger partial charge in [-0.3, -0.25) is 14.5 Å². The molecule has 2 aliphatic rings. The number of nitrogens with two attached hydrogens (primary N) is 1. The number of carbonyl (C=O) groups excluding carboxylic acids is 2. The summed E-state index contributed by atoms with van der Waals surface area (Å²) in [6.07, 6.45) is 0. The first-order valence-corrected chi connectivity index (χ1v) is 10.1. The van der Waals surface area contributed by atoms with Crippen molar-refractivity contribution >= 4 is 57.7 Å². The monoisotopic (exact) mass is 457 g/mol. The number of methoxy groups -OCH3 is 1. The molecule has 0 aliphatic carbocycles. The van der Waals surface area contributed by atoms with Crippen LogP contribution in [0.5, 0.6) is 0 Å². The van der Waals surface area contributed by atoms with Crippen molar-refractivity contribution in [2.75, 3.05) is 25.2 Å². The Morgan fingerprint density at radius 2 is 2.17 bits per heavy atom. The maximum absolute atomic E-state index is 12.7. The van der Waals surface area contributed by atoms with Crippen LogP contribution in [0.1, 0.15) is 5.69 Å². The average Bonchev–Trinajstić information content (AvgIpc) is 3.13. The van der Waals surface area contributed by atoms with Gasteiger partial charge in [0.1, 0.15) is 22.9 Å². The van der Waals surface area contributed by atoms with Gasteiger partial charge in [-0.1, -0.05) is 5.16 Å². The van der Waals surface area contributed by atoms with Gasteiger partial charge >= 0.3 is 11.9 Å². The fourth-order valence-electron chi connectivity index (χ4n) is 2.71. The fraction of sp³-hybridized carbons (Fsp3) is 0.333. The molecule has 0 aromatic carbocycles. The van der Waals surface area contributed by atoms with E-state index in [1.807, 2.05) is 0 Å². The zero-order valence-electron chi connectivity index (χ0n) is 15.2.